The number of esters is 1. The van der Waals surface area contributed by atoms with Crippen LogP contribution in [0.15, 0.2) is 35.3 Å². The summed E-state index contributed by atoms with van der Waals surface area (Å²) in [5.74, 6) is 0.398. The van der Waals surface area contributed by atoms with Crippen molar-refractivity contribution in [3.63, 3.8) is 0 Å². The van der Waals surface area contributed by atoms with Gasteiger partial charge in [0.2, 0.25) is 0 Å². The fourth-order valence-electron chi connectivity index (χ4n) is 1.95. The van der Waals surface area contributed by atoms with E-state index in [1.54, 1.807) is 14.0 Å². The van der Waals surface area contributed by atoms with Crippen molar-refractivity contribution in [3.05, 3.63) is 51.4 Å². The molecule has 0 saturated carbocycles. The smallest absolute Gasteiger partial charge is 0.348 e. The van der Waals surface area contributed by atoms with Crippen molar-refractivity contribution in [2.24, 2.45) is 4.99 Å². The molecule has 6 heteroatoms. The van der Waals surface area contributed by atoms with Crippen LogP contribution in [-0.2, 0) is 4.74 Å². The Labute approximate surface area is 138 Å². The lowest BCUT2D eigenvalue weighted by Crippen LogP contribution is -2.12. The zero-order valence-corrected chi connectivity index (χ0v) is 14.2. The van der Waals surface area contributed by atoms with Crippen molar-refractivity contribution < 1.29 is 9.53 Å². The normalized spacial score (nSPS) is 11.4. The van der Waals surface area contributed by atoms with Crippen LogP contribution in [0.4, 0.5) is 5.00 Å². The zero-order valence-electron chi connectivity index (χ0n) is 12.6. The fourth-order valence-corrected chi connectivity index (χ4v) is 3.11. The van der Waals surface area contributed by atoms with Gasteiger partial charge in [0.1, 0.15) is 10.7 Å². The van der Waals surface area contributed by atoms with E-state index in [1.165, 1.54) is 11.3 Å². The Hall–Kier alpha value is -1.85. The van der Waals surface area contributed by atoms with Crippen LogP contribution < -0.4 is 5.32 Å². The first kappa shape index (κ1) is 16.5. The molecule has 0 aliphatic rings. The van der Waals surface area contributed by atoms with Crippen LogP contribution in [0.5, 0.6) is 0 Å². The minimum absolute atomic E-state index is 0.296. The Morgan fingerprint density at radius 2 is 2.18 bits per heavy atom. The number of thiophene rings is 1. The molecule has 0 fully saturated rings. The summed E-state index contributed by atoms with van der Waals surface area (Å²) in [7, 11) is 1.70. The van der Waals surface area contributed by atoms with Gasteiger partial charge in [-0.1, -0.05) is 23.7 Å². The van der Waals surface area contributed by atoms with Crippen molar-refractivity contribution in [2.45, 2.75) is 13.8 Å². The molecule has 0 spiro atoms. The van der Waals surface area contributed by atoms with Crippen molar-refractivity contribution in [1.82, 2.24) is 0 Å². The second kappa shape index (κ2) is 7.42. The fraction of sp³-hybridized carbons (Fsp3) is 0.250. The average molecular weight is 337 g/mol. The molecule has 0 aliphatic heterocycles. The SMILES string of the molecule is CCOC(=O)c1sc(NC(=NC)c2cccc(Cl)c2)cc1C. The molecule has 1 N–H and O–H groups in total. The summed E-state index contributed by atoms with van der Waals surface area (Å²) < 4.78 is 5.05. The lowest BCUT2D eigenvalue weighted by molar-refractivity contribution is 0.0531. The third kappa shape index (κ3) is 3.87. The monoisotopic (exact) mass is 336 g/mol. The van der Waals surface area contributed by atoms with Gasteiger partial charge in [-0.25, -0.2) is 4.79 Å². The first-order valence-corrected chi connectivity index (χ1v) is 8.02. The summed E-state index contributed by atoms with van der Waals surface area (Å²) >= 11 is 7.36. The third-order valence-corrected chi connectivity index (χ3v) is 4.31. The quantitative estimate of drug-likeness (QED) is 0.512. The molecule has 22 heavy (non-hydrogen) atoms. The molecular formula is C16H17ClN2O2S. The van der Waals surface area contributed by atoms with Gasteiger partial charge in [-0.2, -0.15) is 0 Å². The molecule has 0 aliphatic carbocycles. The number of aryl methyl sites for hydroxylation is 1. The molecule has 0 unspecified atom stereocenters. The number of halogens is 1. The number of carbonyl (C=O) groups excluding carboxylic acids is 1. The molecule has 0 saturated heterocycles. The summed E-state index contributed by atoms with van der Waals surface area (Å²) in [4.78, 5) is 16.7. The molecule has 2 aromatic rings. The van der Waals surface area contributed by atoms with Gasteiger partial charge in [0.25, 0.3) is 0 Å². The zero-order chi connectivity index (χ0) is 16.1. The van der Waals surface area contributed by atoms with Crippen LogP contribution in [0.3, 0.4) is 0 Å². The Morgan fingerprint density at radius 1 is 1.41 bits per heavy atom. The van der Waals surface area contributed by atoms with Crippen molar-refractivity contribution in [2.75, 3.05) is 19.0 Å². The molecule has 0 radical (unpaired) electrons. The summed E-state index contributed by atoms with van der Waals surface area (Å²) in [6.45, 7) is 4.04. The average Bonchev–Trinajstić information content (AvgIpc) is 2.86. The number of ether oxygens (including phenoxy) is 1. The Morgan fingerprint density at radius 3 is 2.82 bits per heavy atom. The van der Waals surface area contributed by atoms with E-state index >= 15 is 0 Å². The number of rotatable bonds is 4. The van der Waals surface area contributed by atoms with Crippen LogP contribution in [-0.4, -0.2) is 25.5 Å². The number of nitrogens with zero attached hydrogens (tertiary/aromatic N) is 1. The Kier molecular flexibility index (Phi) is 5.57. The predicted octanol–water partition coefficient (Wildman–Crippen LogP) is 4.38. The van der Waals surface area contributed by atoms with Gasteiger partial charge >= 0.3 is 5.97 Å². The minimum Gasteiger partial charge on any atom is -0.462 e. The maximum absolute atomic E-state index is 11.9. The van der Waals surface area contributed by atoms with E-state index in [0.717, 1.165) is 16.1 Å². The number of hydrogen-bond donors (Lipinski definition) is 1. The van der Waals surface area contributed by atoms with Gasteiger partial charge in [-0.15, -0.1) is 11.3 Å². The van der Waals surface area contributed by atoms with E-state index in [2.05, 4.69) is 10.3 Å². The highest BCUT2D eigenvalue weighted by Gasteiger charge is 2.15. The molecule has 1 heterocycles. The van der Waals surface area contributed by atoms with E-state index in [4.69, 9.17) is 16.3 Å². The van der Waals surface area contributed by atoms with Crippen LogP contribution in [0.25, 0.3) is 0 Å². The number of hydrogen-bond acceptors (Lipinski definition) is 4. The Balaban J connectivity index is 2.23. The number of anilines is 1. The van der Waals surface area contributed by atoms with Gasteiger partial charge in [0.15, 0.2) is 0 Å². The van der Waals surface area contributed by atoms with Crippen LogP contribution in [0, 0.1) is 6.92 Å². The van der Waals surface area contributed by atoms with Gasteiger partial charge in [-0.05, 0) is 37.6 Å². The summed E-state index contributed by atoms with van der Waals surface area (Å²) in [6.07, 6.45) is 0. The third-order valence-electron chi connectivity index (χ3n) is 2.94. The second-order valence-electron chi connectivity index (χ2n) is 4.55. The molecule has 2 rings (SSSR count). The van der Waals surface area contributed by atoms with E-state index in [1.807, 2.05) is 37.3 Å². The number of nitrogens with one attached hydrogen (secondary N) is 1. The molecule has 116 valence electrons. The maximum Gasteiger partial charge on any atom is 0.348 e. The van der Waals surface area contributed by atoms with Gasteiger partial charge in [0.05, 0.1) is 11.6 Å². The van der Waals surface area contributed by atoms with E-state index in [9.17, 15) is 4.79 Å². The standard InChI is InChI=1S/C16H17ClN2O2S/c1-4-21-16(20)14-10(2)8-13(22-14)19-15(18-3)11-6-5-7-12(17)9-11/h5-9H,4H2,1-3H3,(H,18,19). The minimum atomic E-state index is -0.296. The lowest BCUT2D eigenvalue weighted by atomic mass is 10.2. The van der Waals surface area contributed by atoms with E-state index in [0.29, 0.717) is 22.3 Å². The van der Waals surface area contributed by atoms with Crippen LogP contribution in [0.2, 0.25) is 5.02 Å². The summed E-state index contributed by atoms with van der Waals surface area (Å²) in [5, 5.41) is 4.72. The maximum atomic E-state index is 11.9. The molecule has 0 amide bonds. The molecule has 4 nitrogen and oxygen atoms in total. The topological polar surface area (TPSA) is 50.7 Å². The Bertz CT molecular complexity index is 710. The highest BCUT2D eigenvalue weighted by atomic mass is 35.5. The highest BCUT2D eigenvalue weighted by Crippen LogP contribution is 2.28. The second-order valence-corrected chi connectivity index (χ2v) is 6.04. The van der Waals surface area contributed by atoms with Gasteiger partial charge in [0, 0.05) is 17.6 Å². The van der Waals surface area contributed by atoms with Gasteiger partial charge in [-0.3, -0.25) is 4.99 Å². The summed E-state index contributed by atoms with van der Waals surface area (Å²) in [6, 6.07) is 9.35. The van der Waals surface area contributed by atoms with Gasteiger partial charge < -0.3 is 10.1 Å². The first-order valence-electron chi connectivity index (χ1n) is 6.82. The molecule has 1 aromatic heterocycles. The van der Waals surface area contributed by atoms with Crippen LogP contribution in [0.1, 0.15) is 27.7 Å². The number of amidine groups is 1. The number of benzene rings is 1. The van der Waals surface area contributed by atoms with Crippen molar-refractivity contribution in [1.29, 1.82) is 0 Å². The van der Waals surface area contributed by atoms with Crippen LogP contribution >= 0.6 is 22.9 Å². The molecular weight excluding hydrogens is 320 g/mol. The number of carbonyl (C=O) groups is 1. The van der Waals surface area contributed by atoms with E-state index in [-0.39, 0.29) is 5.97 Å². The molecule has 0 bridgehead atoms. The van der Waals surface area contributed by atoms with Crippen molar-refractivity contribution in [3.8, 4) is 0 Å². The first-order chi connectivity index (χ1) is 10.5. The van der Waals surface area contributed by atoms with Crippen molar-refractivity contribution >= 4 is 39.7 Å². The summed E-state index contributed by atoms with van der Waals surface area (Å²) in [5.41, 5.74) is 1.77. The number of aliphatic imine (C=N–C) groups is 1. The molecule has 0 atom stereocenters. The predicted molar refractivity (Wildman–Crippen MR) is 92.5 cm³/mol. The van der Waals surface area contributed by atoms with E-state index < -0.39 is 0 Å². The lowest BCUT2D eigenvalue weighted by Gasteiger charge is -2.07. The largest absolute Gasteiger partial charge is 0.462 e. The highest BCUT2D eigenvalue weighted by molar-refractivity contribution is 7.18. The molecule has 1 aromatic carbocycles.